The lowest BCUT2D eigenvalue weighted by Gasteiger charge is -2.53. The Balaban J connectivity index is 1.44. The van der Waals surface area contributed by atoms with E-state index in [4.69, 9.17) is 0 Å². The summed E-state index contributed by atoms with van der Waals surface area (Å²) in [6.07, 6.45) is 9.08. The van der Waals surface area contributed by atoms with Crippen molar-refractivity contribution in [3.8, 4) is 5.75 Å². The second-order valence-corrected chi connectivity index (χ2v) is 9.65. The van der Waals surface area contributed by atoms with Crippen LogP contribution < -0.4 is 0 Å². The van der Waals surface area contributed by atoms with Crippen LogP contribution in [0.5, 0.6) is 5.75 Å². The third-order valence-corrected chi connectivity index (χ3v) is 7.77. The monoisotopic (exact) mass is 413 g/mol. The Morgan fingerprint density at radius 2 is 1.81 bits per heavy atom. The van der Waals surface area contributed by atoms with Crippen LogP contribution in [0, 0.1) is 5.92 Å². The normalized spacial score (nSPS) is 27.3. The van der Waals surface area contributed by atoms with Crippen LogP contribution in [0.25, 0.3) is 0 Å². The Morgan fingerprint density at radius 1 is 0.968 bits per heavy atom. The molecular weight excluding hydrogens is 382 g/mol. The predicted molar refractivity (Wildman–Crippen MR) is 123 cm³/mol. The van der Waals surface area contributed by atoms with E-state index in [9.17, 15) is 10.2 Å². The number of aliphatic hydroxyl groups is 1. The van der Waals surface area contributed by atoms with Gasteiger partial charge in [0.2, 0.25) is 0 Å². The summed E-state index contributed by atoms with van der Waals surface area (Å²) in [7, 11) is 0. The molecule has 3 nitrogen and oxygen atoms in total. The minimum Gasteiger partial charge on any atom is -0.508 e. The molecule has 5 rings (SSSR count). The lowest BCUT2D eigenvalue weighted by molar-refractivity contribution is -0.0560. The SMILES string of the molecule is Oc1ccc2c(c1)CC[C@@H]1C[C@@](O)(CCc3ccccn3)CC[C@@]21Cc1ccccc1. The zero-order valence-electron chi connectivity index (χ0n) is 18.0. The molecule has 0 unspecified atom stereocenters. The summed E-state index contributed by atoms with van der Waals surface area (Å²) in [5.41, 5.74) is 4.48. The number of pyridine rings is 1. The molecule has 0 radical (unpaired) electrons. The number of benzene rings is 2. The molecule has 2 aliphatic rings. The van der Waals surface area contributed by atoms with Crippen molar-refractivity contribution in [3.05, 3.63) is 95.3 Å². The Labute approximate surface area is 184 Å². The Morgan fingerprint density at radius 3 is 2.61 bits per heavy atom. The number of hydrogen-bond donors (Lipinski definition) is 2. The summed E-state index contributed by atoms with van der Waals surface area (Å²) in [4.78, 5) is 4.45. The van der Waals surface area contributed by atoms with Crippen LogP contribution in [-0.4, -0.2) is 20.8 Å². The van der Waals surface area contributed by atoms with Crippen molar-refractivity contribution in [2.75, 3.05) is 0 Å². The molecule has 0 aliphatic heterocycles. The molecule has 2 aliphatic carbocycles. The fraction of sp³-hybridized carbons (Fsp3) is 0.393. The highest BCUT2D eigenvalue weighted by molar-refractivity contribution is 5.44. The zero-order valence-corrected chi connectivity index (χ0v) is 18.0. The van der Waals surface area contributed by atoms with Crippen LogP contribution in [-0.2, 0) is 24.7 Å². The summed E-state index contributed by atoms with van der Waals surface area (Å²) in [6.45, 7) is 0. The lowest BCUT2D eigenvalue weighted by Crippen LogP contribution is -2.51. The van der Waals surface area contributed by atoms with E-state index in [0.29, 0.717) is 11.7 Å². The molecule has 1 fully saturated rings. The van der Waals surface area contributed by atoms with Gasteiger partial charge in [0.15, 0.2) is 0 Å². The number of nitrogens with zero attached hydrogens (tertiary/aromatic N) is 1. The fourth-order valence-corrected chi connectivity index (χ4v) is 6.17. The van der Waals surface area contributed by atoms with Gasteiger partial charge in [-0.3, -0.25) is 4.98 Å². The van der Waals surface area contributed by atoms with Crippen molar-refractivity contribution in [3.63, 3.8) is 0 Å². The van der Waals surface area contributed by atoms with E-state index in [1.54, 1.807) is 0 Å². The third kappa shape index (κ3) is 3.99. The van der Waals surface area contributed by atoms with E-state index >= 15 is 0 Å². The molecule has 1 aromatic heterocycles. The zero-order chi connectivity index (χ0) is 21.3. The highest BCUT2D eigenvalue weighted by Crippen LogP contribution is 2.55. The molecular formula is C28H31NO2. The van der Waals surface area contributed by atoms with Gasteiger partial charge in [-0.25, -0.2) is 0 Å². The maximum atomic E-state index is 11.6. The van der Waals surface area contributed by atoms with Crippen molar-refractivity contribution in [2.24, 2.45) is 5.92 Å². The van der Waals surface area contributed by atoms with Crippen LogP contribution in [0.1, 0.15) is 54.5 Å². The molecule has 0 spiro atoms. The minimum atomic E-state index is -0.628. The number of rotatable bonds is 5. The molecule has 1 heterocycles. The number of fused-ring (bicyclic) bond motifs is 3. The summed E-state index contributed by atoms with van der Waals surface area (Å²) in [5, 5.41) is 21.6. The molecule has 3 heteroatoms. The standard InChI is InChI=1S/C28H31NO2/c30-25-11-12-26-22(18-25)9-10-23-20-27(31,14-13-24-8-4-5-17-29-24)15-16-28(23,26)19-21-6-2-1-3-7-21/h1-8,11-12,17-18,23,30-31H,9-10,13-16,19-20H2/t23-,27-,28+/m1/s1. The van der Waals surface area contributed by atoms with Gasteiger partial charge in [0.05, 0.1) is 5.60 Å². The molecule has 3 aromatic rings. The van der Waals surface area contributed by atoms with Crippen LogP contribution in [0.2, 0.25) is 0 Å². The van der Waals surface area contributed by atoms with Crippen LogP contribution in [0.15, 0.2) is 72.9 Å². The smallest absolute Gasteiger partial charge is 0.115 e. The number of phenolic OH excluding ortho intramolecular Hbond substituents is 1. The van der Waals surface area contributed by atoms with Gasteiger partial charge in [0, 0.05) is 17.3 Å². The van der Waals surface area contributed by atoms with E-state index in [1.165, 1.54) is 16.7 Å². The maximum Gasteiger partial charge on any atom is 0.115 e. The first kappa shape index (κ1) is 20.3. The molecule has 2 N–H and O–H groups in total. The molecule has 1 saturated carbocycles. The Kier molecular flexibility index (Phi) is 5.31. The third-order valence-electron chi connectivity index (χ3n) is 7.77. The number of aromatic hydroxyl groups is 1. The lowest BCUT2D eigenvalue weighted by atomic mass is 9.52. The number of aromatic nitrogens is 1. The highest BCUT2D eigenvalue weighted by atomic mass is 16.3. The first-order chi connectivity index (χ1) is 15.1. The fourth-order valence-electron chi connectivity index (χ4n) is 6.17. The largest absolute Gasteiger partial charge is 0.508 e. The first-order valence-electron chi connectivity index (χ1n) is 11.6. The molecule has 3 atom stereocenters. The molecule has 2 aromatic carbocycles. The van der Waals surface area contributed by atoms with Crippen molar-refractivity contribution in [2.45, 2.75) is 62.4 Å². The molecule has 160 valence electrons. The van der Waals surface area contributed by atoms with Gasteiger partial charge in [-0.1, -0.05) is 42.5 Å². The second-order valence-electron chi connectivity index (χ2n) is 9.65. The number of aryl methyl sites for hydroxylation is 2. The predicted octanol–water partition coefficient (Wildman–Crippen LogP) is 5.38. The minimum absolute atomic E-state index is 0.0276. The first-order valence-corrected chi connectivity index (χ1v) is 11.6. The maximum absolute atomic E-state index is 11.6. The van der Waals surface area contributed by atoms with Gasteiger partial charge in [-0.2, -0.15) is 0 Å². The van der Waals surface area contributed by atoms with Crippen molar-refractivity contribution >= 4 is 0 Å². The number of hydrogen-bond acceptors (Lipinski definition) is 3. The van der Waals surface area contributed by atoms with Gasteiger partial charge in [0.1, 0.15) is 5.75 Å². The van der Waals surface area contributed by atoms with E-state index in [0.717, 1.165) is 57.1 Å². The van der Waals surface area contributed by atoms with E-state index in [2.05, 4.69) is 47.4 Å². The van der Waals surface area contributed by atoms with Crippen molar-refractivity contribution < 1.29 is 10.2 Å². The average Bonchev–Trinajstić information content (AvgIpc) is 2.79. The molecule has 0 bridgehead atoms. The van der Waals surface area contributed by atoms with Gasteiger partial charge >= 0.3 is 0 Å². The highest BCUT2D eigenvalue weighted by Gasteiger charge is 2.51. The van der Waals surface area contributed by atoms with Crippen LogP contribution in [0.4, 0.5) is 0 Å². The van der Waals surface area contributed by atoms with Gasteiger partial charge in [0.25, 0.3) is 0 Å². The van der Waals surface area contributed by atoms with Crippen LogP contribution in [0.3, 0.4) is 0 Å². The molecule has 31 heavy (non-hydrogen) atoms. The topological polar surface area (TPSA) is 53.4 Å². The Bertz CT molecular complexity index is 1040. The summed E-state index contributed by atoms with van der Waals surface area (Å²) in [6, 6.07) is 22.7. The van der Waals surface area contributed by atoms with Crippen molar-refractivity contribution in [1.82, 2.24) is 4.98 Å². The average molecular weight is 414 g/mol. The Hall–Kier alpha value is -2.65. The molecule has 0 saturated heterocycles. The quantitative estimate of drug-likeness (QED) is 0.591. The summed E-state index contributed by atoms with van der Waals surface area (Å²) in [5.74, 6) is 0.793. The van der Waals surface area contributed by atoms with Gasteiger partial charge in [-0.15, -0.1) is 0 Å². The van der Waals surface area contributed by atoms with E-state index < -0.39 is 5.60 Å². The van der Waals surface area contributed by atoms with E-state index in [-0.39, 0.29) is 5.41 Å². The second kappa shape index (κ2) is 8.12. The van der Waals surface area contributed by atoms with Crippen LogP contribution >= 0.6 is 0 Å². The van der Waals surface area contributed by atoms with Crippen molar-refractivity contribution in [1.29, 1.82) is 0 Å². The number of phenols is 1. The van der Waals surface area contributed by atoms with Gasteiger partial charge < -0.3 is 10.2 Å². The van der Waals surface area contributed by atoms with E-state index in [1.807, 2.05) is 30.5 Å². The summed E-state index contributed by atoms with van der Waals surface area (Å²) >= 11 is 0. The summed E-state index contributed by atoms with van der Waals surface area (Å²) < 4.78 is 0. The van der Waals surface area contributed by atoms with Gasteiger partial charge in [-0.05, 0) is 98.2 Å². The molecule has 0 amide bonds.